The van der Waals surface area contributed by atoms with Crippen LogP contribution in [0.4, 0.5) is 42.0 Å². The molecule has 3 N–H and O–H groups in total. The molecular weight excluding hydrogens is 525 g/mol. The van der Waals surface area contributed by atoms with Crippen LogP contribution < -0.4 is 20.7 Å². The Balaban J connectivity index is 1.50. The number of benzene rings is 2. The summed E-state index contributed by atoms with van der Waals surface area (Å²) in [6.45, 7) is 7.96. The molecule has 1 saturated heterocycles. The summed E-state index contributed by atoms with van der Waals surface area (Å²) in [6, 6.07) is 13.1. The molecule has 1 fully saturated rings. The number of halogens is 3. The number of aromatic nitrogens is 2. The third-order valence-electron chi connectivity index (χ3n) is 5.99. The highest BCUT2D eigenvalue weighted by Crippen LogP contribution is 2.36. The van der Waals surface area contributed by atoms with Gasteiger partial charge >= 0.3 is 6.18 Å². The lowest BCUT2D eigenvalue weighted by Crippen LogP contribution is -2.41. The third kappa shape index (κ3) is 7.37. The Bertz CT molecular complexity index is 1400. The van der Waals surface area contributed by atoms with Gasteiger partial charge in [-0.25, -0.2) is 4.98 Å². The second-order valence-corrected chi connectivity index (χ2v) is 8.85. The van der Waals surface area contributed by atoms with Crippen LogP contribution in [0.1, 0.15) is 18.4 Å². The molecule has 9 nitrogen and oxygen atoms in total. The van der Waals surface area contributed by atoms with E-state index in [1.54, 1.807) is 53.4 Å². The molecule has 0 unspecified atom stereocenters. The molecule has 1 aromatic heterocycles. The Kier molecular flexibility index (Phi) is 8.67. The standard InChI is InChI=1S/C28H27F3N6O3/c1-3-24(38)33-18-7-5-8-19(15-18)35-27-32-17-23(28(29,30)31)26(36-27)34-20-9-6-10-22(16-20)40-21-11-13-37(14-12-21)25(39)4-2/h3-10,15-17,21H,1-2,11-14H2,(H,33,38)(H2,32,34,35,36). The van der Waals surface area contributed by atoms with Crippen molar-refractivity contribution in [1.82, 2.24) is 14.9 Å². The fourth-order valence-corrected chi connectivity index (χ4v) is 4.04. The van der Waals surface area contributed by atoms with E-state index in [1.165, 1.54) is 6.08 Å². The second-order valence-electron chi connectivity index (χ2n) is 8.85. The lowest BCUT2D eigenvalue weighted by Gasteiger charge is -2.31. The highest BCUT2D eigenvalue weighted by molar-refractivity contribution is 5.99. The number of likely N-dealkylation sites (tertiary alicyclic amines) is 1. The summed E-state index contributed by atoms with van der Waals surface area (Å²) < 4.78 is 47.4. The van der Waals surface area contributed by atoms with Crippen molar-refractivity contribution in [2.75, 3.05) is 29.0 Å². The van der Waals surface area contributed by atoms with Gasteiger partial charge < -0.3 is 25.6 Å². The molecule has 1 aliphatic heterocycles. The fraction of sp³-hybridized carbons (Fsp3) is 0.214. The Morgan fingerprint density at radius 1 is 0.975 bits per heavy atom. The molecule has 0 saturated carbocycles. The maximum atomic E-state index is 13.8. The molecule has 0 atom stereocenters. The average molecular weight is 553 g/mol. The normalized spacial score (nSPS) is 13.7. The predicted octanol–water partition coefficient (Wildman–Crippen LogP) is 5.66. The van der Waals surface area contributed by atoms with Gasteiger partial charge in [-0.2, -0.15) is 18.2 Å². The van der Waals surface area contributed by atoms with Gasteiger partial charge in [0.1, 0.15) is 23.2 Å². The Morgan fingerprint density at radius 2 is 1.65 bits per heavy atom. The van der Waals surface area contributed by atoms with Crippen LogP contribution in [0.25, 0.3) is 0 Å². The van der Waals surface area contributed by atoms with Gasteiger partial charge in [0.25, 0.3) is 0 Å². The number of amides is 2. The smallest absolute Gasteiger partial charge is 0.421 e. The van der Waals surface area contributed by atoms with Crippen LogP contribution in [0.3, 0.4) is 0 Å². The quantitative estimate of drug-likeness (QED) is 0.294. The van der Waals surface area contributed by atoms with Gasteiger partial charge in [-0.1, -0.05) is 25.3 Å². The number of rotatable bonds is 9. The third-order valence-corrected chi connectivity index (χ3v) is 5.99. The van der Waals surface area contributed by atoms with Crippen molar-refractivity contribution in [1.29, 1.82) is 0 Å². The minimum atomic E-state index is -4.71. The van der Waals surface area contributed by atoms with Gasteiger partial charge in [0.05, 0.1) is 0 Å². The van der Waals surface area contributed by atoms with Gasteiger partial charge in [-0.05, 0) is 42.5 Å². The summed E-state index contributed by atoms with van der Waals surface area (Å²) in [5.74, 6) is -0.604. The first-order valence-electron chi connectivity index (χ1n) is 12.3. The number of alkyl halides is 3. The Morgan fingerprint density at radius 3 is 2.33 bits per heavy atom. The first kappa shape index (κ1) is 28.1. The van der Waals surface area contributed by atoms with Gasteiger partial charge in [-0.15, -0.1) is 0 Å². The molecule has 1 aliphatic rings. The number of carbonyl (C=O) groups excluding carboxylic acids is 2. The summed E-state index contributed by atoms with van der Waals surface area (Å²) in [4.78, 5) is 32.9. The topological polar surface area (TPSA) is 108 Å². The van der Waals surface area contributed by atoms with Crippen LogP contribution in [0, 0.1) is 0 Å². The van der Waals surface area contributed by atoms with E-state index in [0.29, 0.717) is 54.9 Å². The maximum Gasteiger partial charge on any atom is 0.421 e. The first-order chi connectivity index (χ1) is 19.1. The van der Waals surface area contributed by atoms with E-state index in [4.69, 9.17) is 4.74 Å². The zero-order valence-corrected chi connectivity index (χ0v) is 21.4. The lowest BCUT2D eigenvalue weighted by molar-refractivity contribution is -0.137. The second kappa shape index (κ2) is 12.3. The van der Waals surface area contributed by atoms with E-state index in [-0.39, 0.29) is 18.0 Å². The molecule has 40 heavy (non-hydrogen) atoms. The van der Waals surface area contributed by atoms with Crippen LogP contribution in [0.5, 0.6) is 5.75 Å². The Labute approximate surface area is 228 Å². The summed E-state index contributed by atoms with van der Waals surface area (Å²) in [5, 5.41) is 8.19. The molecule has 3 aromatic rings. The number of piperidine rings is 1. The van der Waals surface area contributed by atoms with Crippen molar-refractivity contribution in [2.24, 2.45) is 0 Å². The molecule has 4 rings (SSSR count). The van der Waals surface area contributed by atoms with E-state index in [1.807, 2.05) is 0 Å². The largest absolute Gasteiger partial charge is 0.490 e. The van der Waals surface area contributed by atoms with E-state index in [9.17, 15) is 22.8 Å². The molecule has 12 heteroatoms. The van der Waals surface area contributed by atoms with E-state index in [0.717, 1.165) is 6.08 Å². The van der Waals surface area contributed by atoms with E-state index >= 15 is 0 Å². The molecule has 0 radical (unpaired) electrons. The molecular formula is C28H27F3N6O3. The van der Waals surface area contributed by atoms with Crippen molar-refractivity contribution in [3.63, 3.8) is 0 Å². The highest BCUT2D eigenvalue weighted by Gasteiger charge is 2.35. The Hall–Kier alpha value is -4.87. The minimum Gasteiger partial charge on any atom is -0.490 e. The molecule has 2 heterocycles. The summed E-state index contributed by atoms with van der Waals surface area (Å²) in [7, 11) is 0. The summed E-state index contributed by atoms with van der Waals surface area (Å²) >= 11 is 0. The highest BCUT2D eigenvalue weighted by atomic mass is 19.4. The number of ether oxygens (including phenoxy) is 1. The van der Waals surface area contributed by atoms with Crippen LogP contribution >= 0.6 is 0 Å². The number of hydrogen-bond donors (Lipinski definition) is 3. The van der Waals surface area contributed by atoms with Crippen LogP contribution in [-0.4, -0.2) is 45.9 Å². The number of hydrogen-bond acceptors (Lipinski definition) is 7. The van der Waals surface area contributed by atoms with Crippen molar-refractivity contribution in [3.05, 3.63) is 85.6 Å². The van der Waals surface area contributed by atoms with E-state index in [2.05, 4.69) is 39.1 Å². The number of nitrogens with one attached hydrogen (secondary N) is 3. The molecule has 208 valence electrons. The van der Waals surface area contributed by atoms with Gasteiger partial charge in [-0.3, -0.25) is 9.59 Å². The minimum absolute atomic E-state index is 0.0871. The molecule has 2 aromatic carbocycles. The molecule has 0 aliphatic carbocycles. The van der Waals surface area contributed by atoms with Crippen LogP contribution in [0.2, 0.25) is 0 Å². The predicted molar refractivity (Wildman–Crippen MR) is 146 cm³/mol. The van der Waals surface area contributed by atoms with Gasteiger partial charge in [0.15, 0.2) is 0 Å². The van der Waals surface area contributed by atoms with Crippen molar-refractivity contribution >= 4 is 40.6 Å². The SMILES string of the molecule is C=CC(=O)Nc1cccc(Nc2ncc(C(F)(F)F)c(Nc3cccc(OC4CCN(C(=O)C=C)CC4)c3)n2)c1. The lowest BCUT2D eigenvalue weighted by atomic mass is 10.1. The zero-order chi connectivity index (χ0) is 28.7. The maximum absolute atomic E-state index is 13.8. The first-order valence-corrected chi connectivity index (χ1v) is 12.3. The van der Waals surface area contributed by atoms with Gasteiger partial charge in [0.2, 0.25) is 17.8 Å². The summed E-state index contributed by atoms with van der Waals surface area (Å²) in [6.07, 6.45) is -0.520. The van der Waals surface area contributed by atoms with E-state index < -0.39 is 23.5 Å². The van der Waals surface area contributed by atoms with Gasteiger partial charge in [0, 0.05) is 55.3 Å². The molecule has 0 spiro atoms. The van der Waals surface area contributed by atoms with Crippen molar-refractivity contribution in [3.8, 4) is 5.75 Å². The van der Waals surface area contributed by atoms with Crippen molar-refractivity contribution in [2.45, 2.75) is 25.1 Å². The number of anilines is 5. The number of nitrogens with zero attached hydrogens (tertiary/aromatic N) is 3. The monoisotopic (exact) mass is 552 g/mol. The fourth-order valence-electron chi connectivity index (χ4n) is 4.04. The average Bonchev–Trinajstić information content (AvgIpc) is 2.93. The van der Waals surface area contributed by atoms with Crippen molar-refractivity contribution < 1.29 is 27.5 Å². The number of carbonyl (C=O) groups is 2. The van der Waals surface area contributed by atoms with Crippen LogP contribution in [-0.2, 0) is 15.8 Å². The van der Waals surface area contributed by atoms with Crippen LogP contribution in [0.15, 0.2) is 80.0 Å². The molecule has 2 amide bonds. The molecule has 0 bridgehead atoms. The summed E-state index contributed by atoms with van der Waals surface area (Å²) in [5.41, 5.74) is 0.190. The zero-order valence-electron chi connectivity index (χ0n) is 21.4.